The minimum atomic E-state index is -0.876. The second-order valence-electron chi connectivity index (χ2n) is 7.27. The van der Waals surface area contributed by atoms with Crippen LogP contribution in [0.3, 0.4) is 0 Å². The maximum absolute atomic E-state index is 13.0. The van der Waals surface area contributed by atoms with Crippen molar-refractivity contribution < 1.29 is 24.5 Å². The summed E-state index contributed by atoms with van der Waals surface area (Å²) in [4.78, 5) is 27.3. The minimum absolute atomic E-state index is 0.0216. The van der Waals surface area contributed by atoms with Gasteiger partial charge in [-0.1, -0.05) is 37.6 Å². The largest absolute Gasteiger partial charge is 0.506 e. The van der Waals surface area contributed by atoms with Crippen LogP contribution in [0.2, 0.25) is 5.02 Å². The van der Waals surface area contributed by atoms with Crippen molar-refractivity contribution in [2.75, 3.05) is 12.0 Å². The van der Waals surface area contributed by atoms with Crippen LogP contribution in [0.5, 0.6) is 11.5 Å². The van der Waals surface area contributed by atoms with E-state index in [0.29, 0.717) is 17.0 Å². The predicted octanol–water partition coefficient (Wildman–Crippen LogP) is 4.57. The molecular weight excluding hydrogens is 394 g/mol. The first kappa shape index (κ1) is 20.7. The van der Waals surface area contributed by atoms with Crippen molar-refractivity contribution >= 4 is 29.0 Å². The molecule has 1 aliphatic rings. The Balaban J connectivity index is 2.18. The number of carbonyl (C=O) groups excluding carboxylic acids is 2. The number of hydrogen-bond donors (Lipinski definition) is 2. The summed E-state index contributed by atoms with van der Waals surface area (Å²) < 4.78 is 5.24. The first-order valence-electron chi connectivity index (χ1n) is 9.17. The van der Waals surface area contributed by atoms with Crippen LogP contribution in [0.15, 0.2) is 53.8 Å². The molecule has 0 aromatic heterocycles. The van der Waals surface area contributed by atoms with Crippen LogP contribution in [0.25, 0.3) is 0 Å². The zero-order chi connectivity index (χ0) is 21.3. The van der Waals surface area contributed by atoms with Crippen LogP contribution in [0.4, 0.5) is 5.69 Å². The number of rotatable bonds is 6. The van der Waals surface area contributed by atoms with Crippen LogP contribution in [-0.4, -0.2) is 29.0 Å². The highest BCUT2D eigenvalue weighted by Crippen LogP contribution is 2.43. The highest BCUT2D eigenvalue weighted by molar-refractivity contribution is 6.32. The molecule has 2 aromatic carbocycles. The molecule has 1 aliphatic heterocycles. The number of aliphatic hydroxyl groups excluding tert-OH is 1. The zero-order valence-electron chi connectivity index (χ0n) is 16.3. The number of benzene rings is 2. The number of ether oxygens (including phenoxy) is 1. The summed E-state index contributed by atoms with van der Waals surface area (Å²) in [6.45, 7) is 3.77. The van der Waals surface area contributed by atoms with Crippen LogP contribution in [0, 0.1) is 5.92 Å². The van der Waals surface area contributed by atoms with Gasteiger partial charge in [0, 0.05) is 18.2 Å². The number of carbonyl (C=O) groups is 2. The summed E-state index contributed by atoms with van der Waals surface area (Å²) in [5, 5.41) is 20.5. The molecule has 0 radical (unpaired) electrons. The number of methoxy groups -OCH3 is 1. The third kappa shape index (κ3) is 3.93. The summed E-state index contributed by atoms with van der Waals surface area (Å²) in [7, 11) is 1.51. The molecule has 0 bridgehead atoms. The van der Waals surface area contributed by atoms with Crippen LogP contribution >= 0.6 is 11.6 Å². The number of nitrogens with zero attached hydrogens (tertiary/aromatic N) is 1. The molecule has 0 saturated heterocycles. The molecule has 1 heterocycles. The van der Waals surface area contributed by atoms with E-state index in [2.05, 4.69) is 0 Å². The summed E-state index contributed by atoms with van der Waals surface area (Å²) in [5.74, 6) is -1.11. The van der Waals surface area contributed by atoms with E-state index in [1.165, 1.54) is 24.1 Å². The van der Waals surface area contributed by atoms with Crippen molar-refractivity contribution in [3.8, 4) is 11.5 Å². The smallest absolute Gasteiger partial charge is 0.294 e. The van der Waals surface area contributed by atoms with Crippen LogP contribution < -0.4 is 9.64 Å². The normalized spacial score (nSPS) is 16.7. The van der Waals surface area contributed by atoms with Crippen molar-refractivity contribution in [1.82, 2.24) is 0 Å². The van der Waals surface area contributed by atoms with Gasteiger partial charge in [-0.25, -0.2) is 0 Å². The lowest BCUT2D eigenvalue weighted by atomic mass is 9.92. The van der Waals surface area contributed by atoms with E-state index in [1.807, 2.05) is 13.8 Å². The zero-order valence-corrected chi connectivity index (χ0v) is 17.1. The Hall–Kier alpha value is -2.99. The fourth-order valence-electron chi connectivity index (χ4n) is 3.41. The lowest BCUT2D eigenvalue weighted by molar-refractivity contribution is -0.118. The molecule has 152 valence electrons. The van der Waals surface area contributed by atoms with Gasteiger partial charge in [0.25, 0.3) is 5.91 Å². The number of halogens is 1. The summed E-state index contributed by atoms with van der Waals surface area (Å²) in [6, 6.07) is 10.4. The van der Waals surface area contributed by atoms with E-state index >= 15 is 0 Å². The van der Waals surface area contributed by atoms with Gasteiger partial charge in [-0.15, -0.1) is 0 Å². The van der Waals surface area contributed by atoms with Gasteiger partial charge in [0.05, 0.1) is 23.7 Å². The quantitative estimate of drug-likeness (QED) is 0.721. The Morgan fingerprint density at radius 3 is 2.55 bits per heavy atom. The van der Waals surface area contributed by atoms with Gasteiger partial charge in [-0.2, -0.15) is 0 Å². The molecule has 6 nitrogen and oxygen atoms in total. The van der Waals surface area contributed by atoms with Crippen molar-refractivity contribution in [2.24, 2.45) is 5.92 Å². The maximum atomic E-state index is 13.0. The molecule has 1 atom stereocenters. The number of ketones is 1. The SMILES string of the molecule is COc1cccc(N2C(=O)C(O)=C(C(=O)CC(C)C)C2c2ccc(O)c(Cl)c2)c1. The van der Waals surface area contributed by atoms with Crippen LogP contribution in [0.1, 0.15) is 31.9 Å². The van der Waals surface area contributed by atoms with E-state index in [-0.39, 0.29) is 34.5 Å². The Bertz CT molecular complexity index is 998. The number of phenolic OH excluding ortho intramolecular Hbond substituents is 1. The second-order valence-corrected chi connectivity index (χ2v) is 7.68. The van der Waals surface area contributed by atoms with Gasteiger partial charge in [0.15, 0.2) is 11.5 Å². The number of hydrogen-bond acceptors (Lipinski definition) is 5. The monoisotopic (exact) mass is 415 g/mol. The molecular formula is C22H22ClNO5. The number of aliphatic hydroxyl groups is 1. The number of phenols is 1. The third-order valence-electron chi connectivity index (χ3n) is 4.72. The lowest BCUT2D eigenvalue weighted by Crippen LogP contribution is -2.31. The Morgan fingerprint density at radius 1 is 1.21 bits per heavy atom. The van der Waals surface area contributed by atoms with Gasteiger partial charge >= 0.3 is 0 Å². The van der Waals surface area contributed by atoms with Gasteiger partial charge in [-0.3, -0.25) is 14.5 Å². The highest BCUT2D eigenvalue weighted by atomic mass is 35.5. The molecule has 2 aromatic rings. The first-order valence-corrected chi connectivity index (χ1v) is 9.54. The highest BCUT2D eigenvalue weighted by Gasteiger charge is 2.44. The molecule has 0 spiro atoms. The molecule has 0 aliphatic carbocycles. The maximum Gasteiger partial charge on any atom is 0.294 e. The first-order chi connectivity index (χ1) is 13.7. The standard InChI is InChI=1S/C22H22ClNO5/c1-12(2)9-18(26)19-20(13-7-8-17(25)16(23)10-13)24(22(28)21(19)27)14-5-4-6-15(11-14)29-3/h4-8,10-12,20,25,27H,9H2,1-3H3. The Morgan fingerprint density at radius 2 is 1.93 bits per heavy atom. The number of Topliss-reactive ketones (excluding diaryl/α,β-unsaturated/α-hetero) is 1. The molecule has 0 fully saturated rings. The average Bonchev–Trinajstić information content (AvgIpc) is 2.94. The Kier molecular flexibility index (Phi) is 5.84. The Labute approximate surface area is 174 Å². The van der Waals surface area contributed by atoms with Gasteiger partial charge in [0.2, 0.25) is 0 Å². The van der Waals surface area contributed by atoms with Gasteiger partial charge < -0.3 is 14.9 Å². The molecule has 7 heteroatoms. The topological polar surface area (TPSA) is 87.1 Å². The molecule has 1 unspecified atom stereocenters. The van der Waals surface area contributed by atoms with Crippen LogP contribution in [-0.2, 0) is 9.59 Å². The summed E-state index contributed by atoms with van der Waals surface area (Å²) in [6.07, 6.45) is 0.181. The van der Waals surface area contributed by atoms with E-state index in [4.69, 9.17) is 16.3 Å². The van der Waals surface area contributed by atoms with Crippen molar-refractivity contribution in [2.45, 2.75) is 26.3 Å². The fourth-order valence-corrected chi connectivity index (χ4v) is 3.60. The molecule has 3 rings (SSSR count). The van der Waals surface area contributed by atoms with Crippen molar-refractivity contribution in [1.29, 1.82) is 0 Å². The predicted molar refractivity (Wildman–Crippen MR) is 110 cm³/mol. The van der Waals surface area contributed by atoms with E-state index in [1.54, 1.807) is 30.3 Å². The molecule has 1 amide bonds. The number of anilines is 1. The van der Waals surface area contributed by atoms with Crippen molar-refractivity contribution in [3.05, 3.63) is 64.4 Å². The van der Waals surface area contributed by atoms with E-state index in [0.717, 1.165) is 0 Å². The van der Waals surface area contributed by atoms with Crippen molar-refractivity contribution in [3.63, 3.8) is 0 Å². The second kappa shape index (κ2) is 8.17. The fraction of sp³-hybridized carbons (Fsp3) is 0.273. The van der Waals surface area contributed by atoms with E-state index < -0.39 is 17.7 Å². The lowest BCUT2D eigenvalue weighted by Gasteiger charge is -2.27. The summed E-state index contributed by atoms with van der Waals surface area (Å²) in [5.41, 5.74) is 0.982. The van der Waals surface area contributed by atoms with Gasteiger partial charge in [0.1, 0.15) is 11.5 Å². The minimum Gasteiger partial charge on any atom is -0.506 e. The number of amides is 1. The third-order valence-corrected chi connectivity index (χ3v) is 5.02. The average molecular weight is 416 g/mol. The molecule has 29 heavy (non-hydrogen) atoms. The summed E-state index contributed by atoms with van der Waals surface area (Å²) >= 11 is 6.08. The number of aromatic hydroxyl groups is 1. The van der Waals surface area contributed by atoms with Gasteiger partial charge in [-0.05, 0) is 35.7 Å². The van der Waals surface area contributed by atoms with E-state index in [9.17, 15) is 19.8 Å². The molecule has 2 N–H and O–H groups in total. The molecule has 0 saturated carbocycles.